The molecule has 0 bridgehead atoms. The number of carbonyl (C=O) groups is 1. The van der Waals surface area contributed by atoms with Crippen molar-refractivity contribution in [2.24, 2.45) is 0 Å². The van der Waals surface area contributed by atoms with Gasteiger partial charge in [-0.2, -0.15) is 0 Å². The number of hydrogen-bond donors (Lipinski definition) is 1. The van der Waals surface area contributed by atoms with Crippen molar-refractivity contribution >= 4 is 5.97 Å². The number of fused-ring (bicyclic) bond motifs is 1. The molecule has 0 amide bonds. The van der Waals surface area contributed by atoms with E-state index in [1.165, 1.54) is 5.56 Å². The molecular formula is C11H12O3. The molecule has 1 aliphatic heterocycles. The van der Waals surface area contributed by atoms with Gasteiger partial charge < -0.3 is 9.84 Å². The lowest BCUT2D eigenvalue weighted by atomic mass is 10.1. The molecule has 2 rings (SSSR count). The molecule has 0 fully saturated rings. The third-order valence-corrected chi connectivity index (χ3v) is 1.60. The van der Waals surface area contributed by atoms with Gasteiger partial charge in [0.1, 0.15) is 5.75 Å². The number of rotatable bonds is 0. The fourth-order valence-corrected chi connectivity index (χ4v) is 1.08. The van der Waals surface area contributed by atoms with Crippen LogP contribution in [0.4, 0.5) is 0 Å². The highest BCUT2D eigenvalue weighted by molar-refractivity contribution is 5.62. The Morgan fingerprint density at radius 3 is 2.71 bits per heavy atom. The van der Waals surface area contributed by atoms with Crippen LogP contribution >= 0.6 is 0 Å². The van der Waals surface area contributed by atoms with Gasteiger partial charge in [-0.3, -0.25) is 4.79 Å². The summed E-state index contributed by atoms with van der Waals surface area (Å²) in [4.78, 5) is 9.00. The van der Waals surface area contributed by atoms with E-state index >= 15 is 0 Å². The first-order valence-corrected chi connectivity index (χ1v) is 4.29. The Kier molecular flexibility index (Phi) is 3.73. The van der Waals surface area contributed by atoms with Gasteiger partial charge in [-0.05, 0) is 24.1 Å². The molecular weight excluding hydrogens is 180 g/mol. The summed E-state index contributed by atoms with van der Waals surface area (Å²) in [6.45, 7) is 1.08. The normalized spacial score (nSPS) is 11.8. The molecule has 74 valence electrons. The Bertz CT molecular complexity index is 311. The Hall–Kier alpha value is -1.77. The van der Waals surface area contributed by atoms with Gasteiger partial charge in [0.25, 0.3) is 5.97 Å². The maximum Gasteiger partial charge on any atom is 0.300 e. The zero-order chi connectivity index (χ0) is 10.4. The van der Waals surface area contributed by atoms with Gasteiger partial charge in [0.05, 0.1) is 6.26 Å². The molecule has 0 spiro atoms. The largest absolute Gasteiger partial charge is 0.481 e. The number of carboxylic acids is 1. The summed E-state index contributed by atoms with van der Waals surface area (Å²) in [7, 11) is 0. The molecule has 0 saturated carbocycles. The molecule has 3 nitrogen and oxygen atoms in total. The van der Waals surface area contributed by atoms with Crippen molar-refractivity contribution in [3.63, 3.8) is 0 Å². The van der Waals surface area contributed by atoms with Crippen LogP contribution in [0, 0.1) is 0 Å². The fourth-order valence-electron chi connectivity index (χ4n) is 1.08. The van der Waals surface area contributed by atoms with Gasteiger partial charge in [-0.15, -0.1) is 0 Å². The van der Waals surface area contributed by atoms with E-state index in [1.54, 1.807) is 6.26 Å². The lowest BCUT2D eigenvalue weighted by molar-refractivity contribution is -0.134. The average molecular weight is 192 g/mol. The van der Waals surface area contributed by atoms with Crippen LogP contribution in [0.5, 0.6) is 5.75 Å². The van der Waals surface area contributed by atoms with E-state index in [-0.39, 0.29) is 0 Å². The van der Waals surface area contributed by atoms with Crippen LogP contribution in [-0.2, 0) is 11.2 Å². The van der Waals surface area contributed by atoms with E-state index in [2.05, 4.69) is 6.07 Å². The third-order valence-electron chi connectivity index (χ3n) is 1.60. The minimum absolute atomic E-state index is 0.833. The monoisotopic (exact) mass is 192 g/mol. The number of benzene rings is 1. The minimum atomic E-state index is -0.833. The van der Waals surface area contributed by atoms with Crippen molar-refractivity contribution < 1.29 is 14.6 Å². The first-order valence-electron chi connectivity index (χ1n) is 4.29. The molecule has 1 heterocycles. The van der Waals surface area contributed by atoms with Crippen molar-refractivity contribution in [2.75, 3.05) is 0 Å². The topological polar surface area (TPSA) is 46.5 Å². The molecule has 0 aliphatic carbocycles. The first kappa shape index (κ1) is 10.3. The molecule has 1 aromatic rings. The first-order chi connectivity index (χ1) is 6.70. The summed E-state index contributed by atoms with van der Waals surface area (Å²) < 4.78 is 5.24. The Labute approximate surface area is 82.6 Å². The summed E-state index contributed by atoms with van der Waals surface area (Å²) in [6, 6.07) is 8.08. The quantitative estimate of drug-likeness (QED) is 0.685. The standard InChI is InChI=1S/C9H8O.C2H4O2/c1-2-6-9-8(4-1)5-3-7-10-9;1-2(3)4/h1-4,6-7H,5H2;1H3,(H,3,4). The second-order valence-electron chi connectivity index (χ2n) is 2.82. The molecule has 1 aromatic carbocycles. The number of para-hydroxylation sites is 1. The highest BCUT2D eigenvalue weighted by Crippen LogP contribution is 2.21. The molecule has 0 atom stereocenters. The lowest BCUT2D eigenvalue weighted by Gasteiger charge is -2.09. The van der Waals surface area contributed by atoms with E-state index in [4.69, 9.17) is 14.6 Å². The van der Waals surface area contributed by atoms with Crippen molar-refractivity contribution in [2.45, 2.75) is 13.3 Å². The van der Waals surface area contributed by atoms with Crippen LogP contribution in [0.25, 0.3) is 0 Å². The number of hydrogen-bond acceptors (Lipinski definition) is 2. The Morgan fingerprint density at radius 2 is 2.07 bits per heavy atom. The van der Waals surface area contributed by atoms with Gasteiger partial charge in [-0.25, -0.2) is 0 Å². The van der Waals surface area contributed by atoms with E-state index in [9.17, 15) is 0 Å². The van der Waals surface area contributed by atoms with Gasteiger partial charge in [0.2, 0.25) is 0 Å². The molecule has 1 aliphatic rings. The second kappa shape index (κ2) is 5.07. The number of ether oxygens (including phenoxy) is 1. The molecule has 0 saturated heterocycles. The van der Waals surface area contributed by atoms with Crippen LogP contribution in [0.15, 0.2) is 36.6 Å². The van der Waals surface area contributed by atoms with E-state index in [0.717, 1.165) is 19.1 Å². The van der Waals surface area contributed by atoms with Crippen LogP contribution < -0.4 is 4.74 Å². The summed E-state index contributed by atoms with van der Waals surface area (Å²) in [5.41, 5.74) is 1.27. The van der Waals surface area contributed by atoms with Gasteiger partial charge in [0, 0.05) is 6.92 Å². The molecule has 1 N–H and O–H groups in total. The van der Waals surface area contributed by atoms with E-state index in [1.807, 2.05) is 24.3 Å². The van der Waals surface area contributed by atoms with E-state index < -0.39 is 5.97 Å². The van der Waals surface area contributed by atoms with Crippen molar-refractivity contribution in [3.8, 4) is 5.75 Å². The molecule has 0 unspecified atom stereocenters. The van der Waals surface area contributed by atoms with Gasteiger partial charge in [-0.1, -0.05) is 18.2 Å². The predicted molar refractivity (Wildman–Crippen MR) is 53.2 cm³/mol. The molecule has 0 aromatic heterocycles. The van der Waals surface area contributed by atoms with Crippen LogP contribution in [0.3, 0.4) is 0 Å². The second-order valence-corrected chi connectivity index (χ2v) is 2.82. The maximum atomic E-state index is 9.00. The summed E-state index contributed by atoms with van der Waals surface area (Å²) in [5, 5.41) is 7.42. The fraction of sp³-hybridized carbons (Fsp3) is 0.182. The molecule has 3 heteroatoms. The summed E-state index contributed by atoms with van der Waals surface area (Å²) in [6.07, 6.45) is 4.75. The number of aliphatic carboxylic acids is 1. The van der Waals surface area contributed by atoms with Crippen LogP contribution in [0.2, 0.25) is 0 Å². The highest BCUT2D eigenvalue weighted by Gasteiger charge is 2.02. The average Bonchev–Trinajstić information content (AvgIpc) is 2.17. The van der Waals surface area contributed by atoms with Crippen LogP contribution in [-0.4, -0.2) is 11.1 Å². The maximum absolute atomic E-state index is 9.00. The van der Waals surface area contributed by atoms with Crippen molar-refractivity contribution in [1.82, 2.24) is 0 Å². The lowest BCUT2D eigenvalue weighted by Crippen LogP contribution is -1.94. The van der Waals surface area contributed by atoms with Gasteiger partial charge in [0.15, 0.2) is 0 Å². The Morgan fingerprint density at radius 1 is 1.43 bits per heavy atom. The summed E-state index contributed by atoms with van der Waals surface area (Å²) in [5.74, 6) is 0.157. The number of allylic oxidation sites excluding steroid dienone is 1. The minimum Gasteiger partial charge on any atom is -0.481 e. The summed E-state index contributed by atoms with van der Waals surface area (Å²) >= 11 is 0. The van der Waals surface area contributed by atoms with Gasteiger partial charge >= 0.3 is 0 Å². The van der Waals surface area contributed by atoms with Crippen molar-refractivity contribution in [1.29, 1.82) is 0 Å². The zero-order valence-electron chi connectivity index (χ0n) is 7.93. The molecule has 0 radical (unpaired) electrons. The third kappa shape index (κ3) is 3.31. The van der Waals surface area contributed by atoms with Crippen molar-refractivity contribution in [3.05, 3.63) is 42.2 Å². The zero-order valence-corrected chi connectivity index (χ0v) is 7.93. The number of carboxylic acid groups (broad SMARTS) is 1. The predicted octanol–water partition coefficient (Wildman–Crippen LogP) is 2.23. The van der Waals surface area contributed by atoms with E-state index in [0.29, 0.717) is 0 Å². The molecule has 14 heavy (non-hydrogen) atoms. The van der Waals surface area contributed by atoms with Crippen LogP contribution in [0.1, 0.15) is 12.5 Å². The smallest absolute Gasteiger partial charge is 0.300 e. The SMILES string of the molecule is C1=COc2ccccc2C1.CC(=O)O. The highest BCUT2D eigenvalue weighted by atomic mass is 16.5. The Balaban J connectivity index is 0.000000213.